The molecule has 0 aliphatic heterocycles. The standard InChI is InChI=1S/C25H26FNO2/c1-14-20(17-6-7-19(13-27-3)23(26)10-17)9-8-18-11-24(29)21(15(2)28)12-22(25(14)18)16-4-5-16/h6-10,12,16,18,27H,4-5,11,13H2,1-3H3. The summed E-state index contributed by atoms with van der Waals surface area (Å²) in [6, 6.07) is 5.36. The fraction of sp³-hybridized carbons (Fsp3) is 0.360. The van der Waals surface area contributed by atoms with Gasteiger partial charge in [-0.15, -0.1) is 0 Å². The van der Waals surface area contributed by atoms with E-state index < -0.39 is 0 Å². The molecule has 1 aromatic carbocycles. The first kappa shape index (κ1) is 19.7. The van der Waals surface area contributed by atoms with Crippen LogP contribution in [0.25, 0.3) is 5.57 Å². The molecule has 0 aromatic heterocycles. The van der Waals surface area contributed by atoms with Gasteiger partial charge in [0, 0.05) is 24.4 Å². The van der Waals surface area contributed by atoms with E-state index >= 15 is 0 Å². The van der Waals surface area contributed by atoms with Gasteiger partial charge in [-0.2, -0.15) is 0 Å². The minimum absolute atomic E-state index is 0.0247. The SMILES string of the molecule is CNCc1ccc(C2=C(C)C3=C(C4CC4)C=C(C(C)=O)C(=O)CC3C=C2)cc1F. The van der Waals surface area contributed by atoms with Gasteiger partial charge in [-0.05, 0) is 79.7 Å². The molecule has 1 N–H and O–H groups in total. The van der Waals surface area contributed by atoms with Gasteiger partial charge >= 0.3 is 0 Å². The lowest BCUT2D eigenvalue weighted by atomic mass is 9.78. The van der Waals surface area contributed by atoms with Gasteiger partial charge in [0.05, 0.1) is 5.57 Å². The second kappa shape index (κ2) is 7.68. The average molecular weight is 391 g/mol. The van der Waals surface area contributed by atoms with Crippen LogP contribution in [0.4, 0.5) is 4.39 Å². The molecular formula is C25H26FNO2. The van der Waals surface area contributed by atoms with E-state index in [2.05, 4.69) is 12.2 Å². The van der Waals surface area contributed by atoms with Gasteiger partial charge in [0.25, 0.3) is 0 Å². The van der Waals surface area contributed by atoms with Crippen LogP contribution >= 0.6 is 0 Å². The molecule has 1 fully saturated rings. The topological polar surface area (TPSA) is 46.2 Å². The van der Waals surface area contributed by atoms with Gasteiger partial charge in [-0.1, -0.05) is 24.3 Å². The van der Waals surface area contributed by atoms with Crippen molar-refractivity contribution in [3.8, 4) is 0 Å². The minimum atomic E-state index is -0.223. The van der Waals surface area contributed by atoms with Crippen LogP contribution in [0, 0.1) is 17.7 Å². The van der Waals surface area contributed by atoms with Gasteiger partial charge in [0.2, 0.25) is 0 Å². The summed E-state index contributed by atoms with van der Waals surface area (Å²) in [4.78, 5) is 24.7. The number of hydrogen-bond donors (Lipinski definition) is 1. The van der Waals surface area contributed by atoms with Crippen LogP contribution in [0.15, 0.2) is 58.7 Å². The number of fused-ring (bicyclic) bond motifs is 1. The molecule has 4 rings (SSSR count). The molecule has 1 atom stereocenters. The van der Waals surface area contributed by atoms with Gasteiger partial charge in [-0.25, -0.2) is 4.39 Å². The average Bonchev–Trinajstić information content (AvgIpc) is 3.50. The number of nitrogens with one attached hydrogen (secondary N) is 1. The molecule has 0 heterocycles. The zero-order chi connectivity index (χ0) is 20.7. The molecular weight excluding hydrogens is 365 g/mol. The number of rotatable bonds is 5. The number of ketones is 2. The first-order valence-corrected chi connectivity index (χ1v) is 10.2. The van der Waals surface area contributed by atoms with Crippen molar-refractivity contribution in [2.24, 2.45) is 11.8 Å². The number of benzene rings is 1. The minimum Gasteiger partial charge on any atom is -0.316 e. The van der Waals surface area contributed by atoms with Crippen LogP contribution in [-0.4, -0.2) is 18.6 Å². The normalized spacial score (nSPS) is 21.9. The summed E-state index contributed by atoms with van der Waals surface area (Å²) >= 11 is 0. The van der Waals surface area contributed by atoms with Crippen molar-refractivity contribution in [1.29, 1.82) is 0 Å². The maximum absolute atomic E-state index is 14.5. The van der Waals surface area contributed by atoms with Gasteiger partial charge < -0.3 is 5.32 Å². The highest BCUT2D eigenvalue weighted by Gasteiger charge is 2.36. The molecule has 1 saturated carbocycles. The van der Waals surface area contributed by atoms with Crippen molar-refractivity contribution in [3.05, 3.63) is 75.7 Å². The summed E-state index contributed by atoms with van der Waals surface area (Å²) in [5.74, 6) is -0.0909. The molecule has 3 nitrogen and oxygen atoms in total. The molecule has 0 radical (unpaired) electrons. The maximum Gasteiger partial charge on any atom is 0.167 e. The summed E-state index contributed by atoms with van der Waals surface area (Å²) in [5, 5.41) is 2.98. The van der Waals surface area contributed by atoms with Crippen LogP contribution in [0.1, 0.15) is 44.2 Å². The molecule has 29 heavy (non-hydrogen) atoms. The highest BCUT2D eigenvalue weighted by Crippen LogP contribution is 2.47. The van der Waals surface area contributed by atoms with Crippen molar-refractivity contribution in [2.75, 3.05) is 7.05 Å². The fourth-order valence-corrected chi connectivity index (χ4v) is 4.47. The van der Waals surface area contributed by atoms with Crippen LogP contribution in [0.3, 0.4) is 0 Å². The van der Waals surface area contributed by atoms with E-state index in [1.807, 2.05) is 30.4 Å². The molecule has 0 spiro atoms. The number of carbonyl (C=O) groups excluding carboxylic acids is 2. The van der Waals surface area contributed by atoms with Gasteiger partial charge in [-0.3, -0.25) is 9.59 Å². The number of hydrogen-bond acceptors (Lipinski definition) is 3. The Morgan fingerprint density at radius 2 is 2.03 bits per heavy atom. The summed E-state index contributed by atoms with van der Waals surface area (Å²) in [6.45, 7) is 4.01. The predicted molar refractivity (Wildman–Crippen MR) is 113 cm³/mol. The van der Waals surface area contributed by atoms with Crippen LogP contribution in [0.2, 0.25) is 0 Å². The summed E-state index contributed by atoms with van der Waals surface area (Å²) in [7, 11) is 1.80. The first-order chi connectivity index (χ1) is 13.9. The molecule has 4 heteroatoms. The fourth-order valence-electron chi connectivity index (χ4n) is 4.47. The Bertz CT molecular complexity index is 1020. The van der Waals surface area contributed by atoms with Gasteiger partial charge in [0.15, 0.2) is 11.6 Å². The maximum atomic E-state index is 14.5. The van der Waals surface area contributed by atoms with E-state index in [0.29, 0.717) is 30.0 Å². The zero-order valence-corrected chi connectivity index (χ0v) is 17.1. The lowest BCUT2D eigenvalue weighted by Gasteiger charge is -2.26. The van der Waals surface area contributed by atoms with E-state index in [1.54, 1.807) is 13.1 Å². The second-order valence-electron chi connectivity index (χ2n) is 8.23. The van der Waals surface area contributed by atoms with Crippen molar-refractivity contribution in [3.63, 3.8) is 0 Å². The number of carbonyl (C=O) groups is 2. The molecule has 0 bridgehead atoms. The summed E-state index contributed by atoms with van der Waals surface area (Å²) < 4.78 is 14.5. The van der Waals surface area contributed by atoms with Crippen LogP contribution in [0.5, 0.6) is 0 Å². The molecule has 0 amide bonds. The largest absolute Gasteiger partial charge is 0.316 e. The third-order valence-electron chi connectivity index (χ3n) is 6.12. The number of allylic oxidation sites excluding steroid dienone is 8. The Labute approximate surface area is 171 Å². The Morgan fingerprint density at radius 3 is 2.66 bits per heavy atom. The number of halogens is 1. The molecule has 150 valence electrons. The van der Waals surface area contributed by atoms with E-state index in [-0.39, 0.29) is 23.3 Å². The lowest BCUT2D eigenvalue weighted by Crippen LogP contribution is -2.15. The second-order valence-corrected chi connectivity index (χ2v) is 8.23. The van der Waals surface area contributed by atoms with Crippen LogP contribution < -0.4 is 5.32 Å². The summed E-state index contributed by atoms with van der Waals surface area (Å²) in [5.41, 5.74) is 6.12. The Kier molecular flexibility index (Phi) is 5.22. The van der Waals surface area contributed by atoms with Crippen LogP contribution in [-0.2, 0) is 16.1 Å². The molecule has 3 aliphatic carbocycles. The van der Waals surface area contributed by atoms with E-state index in [1.165, 1.54) is 6.92 Å². The lowest BCUT2D eigenvalue weighted by molar-refractivity contribution is -0.120. The predicted octanol–water partition coefficient (Wildman–Crippen LogP) is 4.70. The van der Waals surface area contributed by atoms with Crippen molar-refractivity contribution in [1.82, 2.24) is 5.32 Å². The highest BCUT2D eigenvalue weighted by molar-refractivity contribution is 6.20. The molecule has 0 saturated heterocycles. The van der Waals surface area contributed by atoms with E-state index in [0.717, 1.165) is 40.7 Å². The summed E-state index contributed by atoms with van der Waals surface area (Å²) in [6.07, 6.45) is 8.38. The molecule has 3 aliphatic rings. The molecule has 1 unspecified atom stereocenters. The zero-order valence-electron chi connectivity index (χ0n) is 17.1. The van der Waals surface area contributed by atoms with Crippen molar-refractivity contribution < 1.29 is 14.0 Å². The Hall–Kier alpha value is -2.59. The Morgan fingerprint density at radius 1 is 1.28 bits per heavy atom. The highest BCUT2D eigenvalue weighted by atomic mass is 19.1. The van der Waals surface area contributed by atoms with Gasteiger partial charge in [0.1, 0.15) is 5.82 Å². The monoisotopic (exact) mass is 391 g/mol. The third-order valence-corrected chi connectivity index (χ3v) is 6.12. The third kappa shape index (κ3) is 3.69. The van der Waals surface area contributed by atoms with Crippen molar-refractivity contribution >= 4 is 17.1 Å². The quantitative estimate of drug-likeness (QED) is 0.740. The first-order valence-electron chi connectivity index (χ1n) is 10.2. The van der Waals surface area contributed by atoms with E-state index in [9.17, 15) is 14.0 Å². The molecule has 1 aromatic rings. The van der Waals surface area contributed by atoms with Crippen molar-refractivity contribution in [2.45, 2.75) is 39.7 Å². The smallest absolute Gasteiger partial charge is 0.167 e. The van der Waals surface area contributed by atoms with E-state index in [4.69, 9.17) is 0 Å². The Balaban J connectivity index is 1.84. The number of Topliss-reactive ketones (excluding diaryl/α,β-unsaturated/α-hetero) is 2.